The third kappa shape index (κ3) is 3.67. The van der Waals surface area contributed by atoms with Crippen molar-refractivity contribution in [1.29, 1.82) is 0 Å². The molecular formula is C16H19FO2. The minimum Gasteiger partial charge on any atom is -0.483 e. The Morgan fingerprint density at radius 1 is 1.42 bits per heavy atom. The standard InChI is InChI=1S/C16H19FO2/c1-2-6-12-11-13(17)9-10-15(12)19-16-8-5-3-4-7-14(16)18/h2,5-6,8-11,14,16,18H,3-4,7H2,1H3/t14-,16-/m1/s1. The first-order valence-corrected chi connectivity index (χ1v) is 6.64. The van der Waals surface area contributed by atoms with Gasteiger partial charge in [0, 0.05) is 5.56 Å². The van der Waals surface area contributed by atoms with Crippen LogP contribution in [0.5, 0.6) is 5.75 Å². The highest BCUT2D eigenvalue weighted by molar-refractivity contribution is 5.57. The Hall–Kier alpha value is -1.61. The highest BCUT2D eigenvalue weighted by atomic mass is 19.1. The summed E-state index contributed by atoms with van der Waals surface area (Å²) in [5, 5.41) is 10.0. The molecule has 0 fully saturated rings. The van der Waals surface area contributed by atoms with Gasteiger partial charge in [-0.2, -0.15) is 0 Å². The van der Waals surface area contributed by atoms with Gasteiger partial charge in [-0.05, 0) is 50.5 Å². The maximum atomic E-state index is 13.2. The van der Waals surface area contributed by atoms with Gasteiger partial charge in [-0.15, -0.1) is 0 Å². The van der Waals surface area contributed by atoms with Crippen LogP contribution in [0, 0.1) is 5.82 Å². The molecule has 0 saturated heterocycles. The number of hydrogen-bond donors (Lipinski definition) is 1. The lowest BCUT2D eigenvalue weighted by Gasteiger charge is -2.21. The van der Waals surface area contributed by atoms with Gasteiger partial charge in [0.05, 0.1) is 6.10 Å². The van der Waals surface area contributed by atoms with Gasteiger partial charge >= 0.3 is 0 Å². The highest BCUT2D eigenvalue weighted by Crippen LogP contribution is 2.25. The molecular weight excluding hydrogens is 243 g/mol. The molecule has 0 bridgehead atoms. The van der Waals surface area contributed by atoms with Gasteiger partial charge in [0.25, 0.3) is 0 Å². The van der Waals surface area contributed by atoms with Crippen LogP contribution in [0.2, 0.25) is 0 Å². The van der Waals surface area contributed by atoms with Crippen LogP contribution in [0.25, 0.3) is 6.08 Å². The molecule has 2 nitrogen and oxygen atoms in total. The second-order valence-corrected chi connectivity index (χ2v) is 4.69. The van der Waals surface area contributed by atoms with Crippen molar-refractivity contribution < 1.29 is 14.2 Å². The molecule has 0 amide bonds. The van der Waals surface area contributed by atoms with Gasteiger partial charge in [-0.1, -0.05) is 18.2 Å². The van der Waals surface area contributed by atoms with Crippen LogP contribution in [0.4, 0.5) is 4.39 Å². The topological polar surface area (TPSA) is 29.5 Å². The van der Waals surface area contributed by atoms with E-state index in [-0.39, 0.29) is 11.9 Å². The predicted octanol–water partition coefficient (Wildman–Crippen LogP) is 3.71. The fourth-order valence-corrected chi connectivity index (χ4v) is 2.17. The van der Waals surface area contributed by atoms with Crippen molar-refractivity contribution in [3.05, 3.63) is 47.8 Å². The van der Waals surface area contributed by atoms with Crippen LogP contribution >= 0.6 is 0 Å². The lowest BCUT2D eigenvalue weighted by Crippen LogP contribution is -2.29. The number of aliphatic hydroxyl groups excluding tert-OH is 1. The number of rotatable bonds is 3. The maximum Gasteiger partial charge on any atom is 0.143 e. The van der Waals surface area contributed by atoms with E-state index in [1.165, 1.54) is 12.1 Å². The maximum absolute atomic E-state index is 13.2. The molecule has 0 saturated carbocycles. The zero-order valence-corrected chi connectivity index (χ0v) is 11.1. The SMILES string of the molecule is CC=Cc1cc(F)ccc1O[C@@H]1C=CCCC[C@H]1O. The van der Waals surface area contributed by atoms with E-state index in [0.717, 1.165) is 19.3 Å². The molecule has 0 aromatic heterocycles. The van der Waals surface area contributed by atoms with Crippen LogP contribution in [-0.2, 0) is 0 Å². The Balaban J connectivity index is 2.22. The average Bonchev–Trinajstić information content (AvgIpc) is 2.58. The summed E-state index contributed by atoms with van der Waals surface area (Å²) in [6.07, 6.45) is 9.31. The van der Waals surface area contributed by atoms with Gasteiger partial charge in [0.1, 0.15) is 17.7 Å². The van der Waals surface area contributed by atoms with Gasteiger partial charge in [0.2, 0.25) is 0 Å². The first-order chi connectivity index (χ1) is 9.20. The van der Waals surface area contributed by atoms with Crippen molar-refractivity contribution in [1.82, 2.24) is 0 Å². The number of aliphatic hydroxyl groups is 1. The summed E-state index contributed by atoms with van der Waals surface area (Å²) < 4.78 is 19.1. The first-order valence-electron chi connectivity index (χ1n) is 6.64. The lowest BCUT2D eigenvalue weighted by atomic mass is 10.1. The van der Waals surface area contributed by atoms with E-state index in [4.69, 9.17) is 4.74 Å². The molecule has 102 valence electrons. The largest absolute Gasteiger partial charge is 0.483 e. The molecule has 1 aliphatic rings. The summed E-state index contributed by atoms with van der Waals surface area (Å²) in [5.41, 5.74) is 0.687. The van der Waals surface area contributed by atoms with Crippen LogP contribution < -0.4 is 4.74 Å². The van der Waals surface area contributed by atoms with Crippen molar-refractivity contribution in [2.24, 2.45) is 0 Å². The molecule has 0 radical (unpaired) electrons. The Bertz CT molecular complexity index is 480. The normalized spacial score (nSPS) is 23.5. The van der Waals surface area contributed by atoms with Crippen molar-refractivity contribution in [3.8, 4) is 5.75 Å². The smallest absolute Gasteiger partial charge is 0.143 e. The number of benzene rings is 1. The zero-order chi connectivity index (χ0) is 13.7. The Morgan fingerprint density at radius 3 is 3.05 bits per heavy atom. The predicted molar refractivity (Wildman–Crippen MR) is 74.5 cm³/mol. The molecule has 1 aliphatic carbocycles. The Labute approximate surface area is 113 Å². The number of halogens is 1. The minimum absolute atomic E-state index is 0.294. The molecule has 1 aromatic carbocycles. The third-order valence-corrected chi connectivity index (χ3v) is 3.16. The van der Waals surface area contributed by atoms with Gasteiger partial charge in [-0.3, -0.25) is 0 Å². The molecule has 3 heteroatoms. The Kier molecular flexibility index (Phi) is 4.74. The number of ether oxygens (including phenoxy) is 1. The van der Waals surface area contributed by atoms with E-state index in [1.807, 2.05) is 25.2 Å². The van der Waals surface area contributed by atoms with E-state index >= 15 is 0 Å². The van der Waals surface area contributed by atoms with Gasteiger partial charge in [-0.25, -0.2) is 4.39 Å². The minimum atomic E-state index is -0.512. The van der Waals surface area contributed by atoms with Crippen LogP contribution in [0.1, 0.15) is 31.7 Å². The summed E-state index contributed by atoms with van der Waals surface area (Å²) in [5.74, 6) is 0.299. The number of allylic oxidation sites excluding steroid dienone is 2. The van der Waals surface area contributed by atoms with E-state index in [9.17, 15) is 9.50 Å². The second kappa shape index (κ2) is 6.53. The molecule has 2 rings (SSSR count). The molecule has 0 unspecified atom stereocenters. The molecule has 1 N–H and O–H groups in total. The molecule has 0 aliphatic heterocycles. The summed E-state index contributed by atoms with van der Waals surface area (Å²) in [4.78, 5) is 0. The van der Waals surface area contributed by atoms with Crippen LogP contribution in [-0.4, -0.2) is 17.3 Å². The molecule has 2 atom stereocenters. The Morgan fingerprint density at radius 2 is 2.26 bits per heavy atom. The summed E-state index contributed by atoms with van der Waals surface area (Å²) >= 11 is 0. The first kappa shape index (κ1) is 13.8. The lowest BCUT2D eigenvalue weighted by molar-refractivity contribution is 0.0588. The van der Waals surface area contributed by atoms with Crippen molar-refractivity contribution in [2.75, 3.05) is 0 Å². The zero-order valence-electron chi connectivity index (χ0n) is 11.1. The average molecular weight is 262 g/mol. The van der Waals surface area contributed by atoms with Crippen molar-refractivity contribution in [2.45, 2.75) is 38.4 Å². The van der Waals surface area contributed by atoms with Crippen molar-refractivity contribution in [3.63, 3.8) is 0 Å². The summed E-state index contributed by atoms with van der Waals surface area (Å²) in [7, 11) is 0. The fourth-order valence-electron chi connectivity index (χ4n) is 2.17. The van der Waals surface area contributed by atoms with Gasteiger partial charge < -0.3 is 9.84 Å². The van der Waals surface area contributed by atoms with Gasteiger partial charge in [0.15, 0.2) is 0 Å². The van der Waals surface area contributed by atoms with Crippen molar-refractivity contribution >= 4 is 6.08 Å². The monoisotopic (exact) mass is 262 g/mol. The summed E-state index contributed by atoms with van der Waals surface area (Å²) in [6.45, 7) is 1.87. The second-order valence-electron chi connectivity index (χ2n) is 4.69. The highest BCUT2D eigenvalue weighted by Gasteiger charge is 2.20. The third-order valence-electron chi connectivity index (χ3n) is 3.16. The molecule has 19 heavy (non-hydrogen) atoms. The van der Waals surface area contributed by atoms with E-state index in [0.29, 0.717) is 11.3 Å². The quantitative estimate of drug-likeness (QED) is 0.841. The van der Waals surface area contributed by atoms with E-state index in [2.05, 4.69) is 0 Å². The van der Waals surface area contributed by atoms with Crippen LogP contribution in [0.3, 0.4) is 0 Å². The van der Waals surface area contributed by atoms with Crippen LogP contribution in [0.15, 0.2) is 36.4 Å². The van der Waals surface area contributed by atoms with E-state index < -0.39 is 6.10 Å². The van der Waals surface area contributed by atoms with E-state index in [1.54, 1.807) is 12.1 Å². The fraction of sp³-hybridized carbons (Fsp3) is 0.375. The molecule has 1 aromatic rings. The summed E-state index contributed by atoms with van der Waals surface area (Å²) in [6, 6.07) is 4.41. The molecule has 0 spiro atoms. The molecule has 0 heterocycles. The number of hydrogen-bond acceptors (Lipinski definition) is 2.